The van der Waals surface area contributed by atoms with Crippen LogP contribution in [0.3, 0.4) is 0 Å². The van der Waals surface area contributed by atoms with Crippen molar-refractivity contribution in [3.63, 3.8) is 0 Å². The number of hydrogen-bond donors (Lipinski definition) is 0. The number of ether oxygens (including phenoxy) is 1. The molecule has 0 saturated carbocycles. The summed E-state index contributed by atoms with van der Waals surface area (Å²) in [5.41, 5.74) is 12.9. The van der Waals surface area contributed by atoms with Crippen molar-refractivity contribution in [3.8, 4) is 5.75 Å². The molecule has 0 atom stereocenters. The van der Waals surface area contributed by atoms with Gasteiger partial charge >= 0.3 is 21.7 Å². The summed E-state index contributed by atoms with van der Waals surface area (Å²) in [7, 11) is 1.61. The molecular weight excluding hydrogens is 488 g/mol. The first-order valence-electron chi connectivity index (χ1n) is 11.6. The van der Waals surface area contributed by atoms with E-state index in [2.05, 4.69) is 83.1 Å². The molecule has 0 aromatic heterocycles. The van der Waals surface area contributed by atoms with Crippen molar-refractivity contribution in [3.05, 3.63) is 74.1 Å². The molecule has 1 nitrogen and oxygen atoms in total. The number of hydrogen-bond acceptors (Lipinski definition) is 3. The van der Waals surface area contributed by atoms with Gasteiger partial charge in [-0.2, -0.15) is 9.79 Å². The molecule has 0 N–H and O–H groups in total. The van der Waals surface area contributed by atoms with Crippen LogP contribution in [0.5, 0.6) is 5.75 Å². The smallest absolute Gasteiger partial charge is 0.781 e. The molecule has 0 aliphatic heterocycles. The van der Waals surface area contributed by atoms with E-state index in [0.717, 1.165) is 10.5 Å². The zero-order chi connectivity index (χ0) is 25.8. The van der Waals surface area contributed by atoms with Gasteiger partial charge in [-0.15, -0.1) is 0 Å². The van der Waals surface area contributed by atoms with Crippen LogP contribution in [-0.4, -0.2) is 7.11 Å². The minimum Gasteiger partial charge on any atom is -0.781 e. The third-order valence-corrected chi connectivity index (χ3v) is 8.55. The molecule has 4 heteroatoms. The minimum absolute atomic E-state index is 0. The summed E-state index contributed by atoms with van der Waals surface area (Å²) >= 11 is 10.4. The maximum Gasteiger partial charge on any atom is 2.00 e. The van der Waals surface area contributed by atoms with Crippen LogP contribution in [0.4, 0.5) is 0 Å². The quantitative estimate of drug-likeness (QED) is 0.279. The Hall–Kier alpha value is -0.866. The predicted octanol–water partition coefficient (Wildman–Crippen LogP) is 9.16. The van der Waals surface area contributed by atoms with Gasteiger partial charge in [-0.05, 0) is 89.7 Å². The van der Waals surface area contributed by atoms with Crippen molar-refractivity contribution in [2.45, 2.75) is 98.8 Å². The molecule has 34 heavy (non-hydrogen) atoms. The molecule has 0 saturated heterocycles. The zero-order valence-electron chi connectivity index (χ0n) is 23.5. The van der Waals surface area contributed by atoms with E-state index in [1.54, 1.807) is 7.11 Å². The van der Waals surface area contributed by atoms with Crippen LogP contribution in [0.15, 0.2) is 66.5 Å². The first-order chi connectivity index (χ1) is 15.2. The molecule has 1 aromatic rings. The second kappa shape index (κ2) is 14.0. The summed E-state index contributed by atoms with van der Waals surface area (Å²) in [6, 6.07) is 3.87. The standard InChI is InChI=1S/C10H14OS2.2C10H15.Ti/c1-6(2)7-4-5-8(11-3)10(13)9(7)12;2*1-6-7(2)9(4)10(5)8(6)3;/h4-6,12-13H,1-3H3;2*1-5H3;/q;;;+2/p-2. The molecule has 0 unspecified atom stereocenters. The van der Waals surface area contributed by atoms with Gasteiger partial charge in [0.1, 0.15) is 0 Å². The third kappa shape index (κ3) is 7.32. The van der Waals surface area contributed by atoms with Gasteiger partial charge in [0.2, 0.25) is 0 Å². The van der Waals surface area contributed by atoms with Gasteiger partial charge in [0.05, 0.1) is 12.9 Å². The van der Waals surface area contributed by atoms with Crippen LogP contribution in [0.1, 0.15) is 94.6 Å². The topological polar surface area (TPSA) is 9.23 Å². The van der Waals surface area contributed by atoms with Crippen molar-refractivity contribution in [2.24, 2.45) is 0 Å². The van der Waals surface area contributed by atoms with Crippen molar-refractivity contribution in [1.82, 2.24) is 0 Å². The van der Waals surface area contributed by atoms with Crippen molar-refractivity contribution < 1.29 is 26.5 Å². The minimum atomic E-state index is 0. The summed E-state index contributed by atoms with van der Waals surface area (Å²) in [5.74, 6) is 4.05. The fourth-order valence-electron chi connectivity index (χ4n) is 3.99. The predicted molar refractivity (Wildman–Crippen MR) is 150 cm³/mol. The molecule has 3 rings (SSSR count). The number of benzene rings is 1. The Kier molecular flexibility index (Phi) is 13.7. The van der Waals surface area contributed by atoms with Gasteiger partial charge in [0, 0.05) is 11.8 Å². The third-order valence-electron chi connectivity index (χ3n) is 7.57. The number of allylic oxidation sites excluding steroid dienone is 8. The van der Waals surface area contributed by atoms with Gasteiger partial charge in [-0.3, -0.25) is 0 Å². The molecule has 184 valence electrons. The van der Waals surface area contributed by atoms with E-state index in [-0.39, 0.29) is 21.7 Å². The van der Waals surface area contributed by atoms with E-state index >= 15 is 0 Å². The fraction of sp³-hybridized carbons (Fsp3) is 0.467. The van der Waals surface area contributed by atoms with Crippen molar-refractivity contribution in [1.29, 1.82) is 0 Å². The van der Waals surface area contributed by atoms with E-state index in [1.807, 2.05) is 12.1 Å². The van der Waals surface area contributed by atoms with Crippen LogP contribution < -0.4 is 4.74 Å². The van der Waals surface area contributed by atoms with E-state index in [1.165, 1.54) is 56.4 Å². The van der Waals surface area contributed by atoms with Crippen molar-refractivity contribution in [2.75, 3.05) is 7.11 Å². The molecule has 2 radical (unpaired) electrons. The zero-order valence-corrected chi connectivity index (χ0v) is 26.7. The Morgan fingerprint density at radius 1 is 0.559 bits per heavy atom. The van der Waals surface area contributed by atoms with E-state index in [4.69, 9.17) is 30.0 Å². The van der Waals surface area contributed by atoms with Crippen LogP contribution in [0, 0.1) is 11.8 Å². The maximum absolute atomic E-state index is 5.24. The second-order valence-corrected chi connectivity index (χ2v) is 10.2. The molecule has 2 aliphatic rings. The average Bonchev–Trinajstić information content (AvgIpc) is 3.06. The van der Waals surface area contributed by atoms with Gasteiger partial charge in [0.25, 0.3) is 0 Å². The van der Waals surface area contributed by atoms with Crippen LogP contribution >= 0.6 is 0 Å². The monoisotopic (exact) mass is 530 g/mol. The molecule has 0 spiro atoms. The number of rotatable bonds is 2. The largest absolute Gasteiger partial charge is 2.00 e. The summed E-state index contributed by atoms with van der Waals surface area (Å²) in [5, 5.41) is 0. The summed E-state index contributed by atoms with van der Waals surface area (Å²) < 4.78 is 5.09. The van der Waals surface area contributed by atoms with Crippen molar-refractivity contribution >= 4 is 25.3 Å². The van der Waals surface area contributed by atoms with Gasteiger partial charge in [-0.1, -0.05) is 61.6 Å². The van der Waals surface area contributed by atoms with Crippen LogP contribution in [-0.2, 0) is 47.0 Å². The first kappa shape index (κ1) is 33.1. The molecule has 2 aliphatic carbocycles. The second-order valence-electron chi connectivity index (χ2n) is 9.42. The SMILES string of the molecule is COc1ccc(C(C)C)c([S-])c1[S-].C[C]1C(C)=C(C)C(C)=C1C.C[C]1C(C)=C(C)C(C)=C1C.[Ti+2]. The Bertz CT molecular complexity index is 911. The normalized spacial score (nSPS) is 16.5. The fourth-order valence-corrected chi connectivity index (χ4v) is 4.66. The van der Waals surface area contributed by atoms with E-state index < -0.39 is 0 Å². The van der Waals surface area contributed by atoms with E-state index in [9.17, 15) is 0 Å². The van der Waals surface area contributed by atoms with Gasteiger partial charge < -0.3 is 30.0 Å². The molecule has 0 fully saturated rings. The van der Waals surface area contributed by atoms with Gasteiger partial charge in [-0.25, -0.2) is 0 Å². The van der Waals surface area contributed by atoms with E-state index in [0.29, 0.717) is 16.6 Å². The van der Waals surface area contributed by atoms with Gasteiger partial charge in [0.15, 0.2) is 0 Å². The van der Waals surface area contributed by atoms with Crippen LogP contribution in [0.2, 0.25) is 0 Å². The summed E-state index contributed by atoms with van der Waals surface area (Å²) in [6.07, 6.45) is 0. The first-order valence-corrected chi connectivity index (χ1v) is 12.4. The molecule has 1 aromatic carbocycles. The van der Waals surface area contributed by atoms with Crippen LogP contribution in [0.25, 0.3) is 0 Å². The summed E-state index contributed by atoms with van der Waals surface area (Å²) in [4.78, 5) is 1.41. The number of methoxy groups -OCH3 is 1. The Balaban J connectivity index is 0.000000479. The maximum atomic E-state index is 5.24. The summed E-state index contributed by atoms with van der Waals surface area (Å²) in [6.45, 7) is 26.2. The average molecular weight is 531 g/mol. The Morgan fingerprint density at radius 3 is 1.09 bits per heavy atom. The molecule has 0 bridgehead atoms. The Labute approximate surface area is 236 Å². The molecule has 0 heterocycles. The molecular formula is C30H42OS2Ti. The molecule has 0 amide bonds. The Morgan fingerprint density at radius 2 is 0.882 bits per heavy atom.